The van der Waals surface area contributed by atoms with Gasteiger partial charge in [-0.25, -0.2) is 4.79 Å². The van der Waals surface area contributed by atoms with E-state index in [2.05, 4.69) is 25.9 Å². The molecule has 0 bridgehead atoms. The summed E-state index contributed by atoms with van der Waals surface area (Å²) in [4.78, 5) is 69.8. The number of rotatable bonds is 18. The molecule has 4 atom stereocenters. The number of amides is 4. The Labute approximate surface area is 249 Å². The number of aliphatic carboxylic acids is 1. The molecule has 15 heteroatoms. The minimum Gasteiger partial charge on any atom is -0.480 e. The SMILES string of the molecule is CC(C)CC(NC(=O)C(N)CCCN=C(N)N)C(=O)NC(Cc1c[nH]c2ccccc12)C(=O)NC(CCC(N)=O)C(=O)O. The molecule has 0 aliphatic rings. The van der Waals surface area contributed by atoms with Crippen molar-refractivity contribution in [3.63, 3.8) is 0 Å². The van der Waals surface area contributed by atoms with Crippen molar-refractivity contribution in [3.8, 4) is 0 Å². The van der Waals surface area contributed by atoms with Gasteiger partial charge in [-0.1, -0.05) is 32.0 Å². The van der Waals surface area contributed by atoms with E-state index in [9.17, 15) is 29.1 Å². The number of nitrogens with zero attached hydrogens (tertiary/aromatic N) is 1. The monoisotopic (exact) mass is 601 g/mol. The highest BCUT2D eigenvalue weighted by Crippen LogP contribution is 2.19. The van der Waals surface area contributed by atoms with Gasteiger partial charge < -0.3 is 49.0 Å². The van der Waals surface area contributed by atoms with Crippen LogP contribution in [0.4, 0.5) is 0 Å². The minimum atomic E-state index is -1.41. The number of carboxylic acids is 1. The van der Waals surface area contributed by atoms with E-state index in [0.29, 0.717) is 18.5 Å². The molecule has 1 aromatic carbocycles. The standard InChI is InChI=1S/C28H43N9O6/c1-15(2)12-21(36-24(39)18(29)7-5-11-33-28(31)32)25(40)37-22(13-16-14-34-19-8-4-3-6-17(16)19)26(41)35-20(27(42)43)9-10-23(30)38/h3-4,6,8,14-15,18,20-22,34H,5,7,9-13,29H2,1-2H3,(H2,30,38)(H,35,41)(H,36,39)(H,37,40)(H,42,43)(H4,31,32,33). The highest BCUT2D eigenvalue weighted by molar-refractivity contribution is 5.95. The number of para-hydroxylation sites is 1. The molecule has 2 rings (SSSR count). The summed E-state index contributed by atoms with van der Waals surface area (Å²) >= 11 is 0. The zero-order valence-corrected chi connectivity index (χ0v) is 24.5. The number of guanidine groups is 1. The van der Waals surface area contributed by atoms with Gasteiger partial charge in [0.15, 0.2) is 5.96 Å². The number of carbonyl (C=O) groups excluding carboxylic acids is 4. The first-order valence-electron chi connectivity index (χ1n) is 14.1. The molecule has 4 unspecified atom stereocenters. The second kappa shape index (κ2) is 16.7. The number of hydrogen-bond donors (Lipinski definition) is 9. The van der Waals surface area contributed by atoms with Gasteiger partial charge in [-0.15, -0.1) is 0 Å². The molecular formula is C28H43N9O6. The van der Waals surface area contributed by atoms with Crippen LogP contribution in [0.1, 0.15) is 51.5 Å². The summed E-state index contributed by atoms with van der Waals surface area (Å²) in [5, 5.41) is 18.2. The predicted molar refractivity (Wildman–Crippen MR) is 161 cm³/mol. The van der Waals surface area contributed by atoms with Crippen molar-refractivity contribution in [2.24, 2.45) is 33.8 Å². The van der Waals surface area contributed by atoms with E-state index in [1.807, 2.05) is 38.1 Å². The molecule has 1 aromatic heterocycles. The molecule has 4 amide bonds. The maximum absolute atomic E-state index is 13.5. The number of carboxylic acid groups (broad SMARTS) is 1. The zero-order valence-electron chi connectivity index (χ0n) is 24.5. The van der Waals surface area contributed by atoms with Crippen LogP contribution >= 0.6 is 0 Å². The van der Waals surface area contributed by atoms with Crippen molar-refractivity contribution in [2.45, 2.75) is 76.5 Å². The van der Waals surface area contributed by atoms with E-state index in [-0.39, 0.29) is 44.0 Å². The topological polar surface area (TPSA) is 274 Å². The van der Waals surface area contributed by atoms with E-state index in [1.54, 1.807) is 6.20 Å². The van der Waals surface area contributed by atoms with E-state index in [1.165, 1.54) is 0 Å². The van der Waals surface area contributed by atoms with Gasteiger partial charge in [0.25, 0.3) is 0 Å². The van der Waals surface area contributed by atoms with Crippen LogP contribution in [-0.4, -0.2) is 76.4 Å². The predicted octanol–water partition coefficient (Wildman–Crippen LogP) is -1.06. The molecule has 0 saturated carbocycles. The number of carbonyl (C=O) groups is 5. The number of primary amides is 1. The Morgan fingerprint density at radius 1 is 0.907 bits per heavy atom. The van der Waals surface area contributed by atoms with Crippen LogP contribution in [-0.2, 0) is 30.4 Å². The molecule has 1 heterocycles. The third-order valence-corrected chi connectivity index (χ3v) is 6.67. The second-order valence-electron chi connectivity index (χ2n) is 10.8. The van der Waals surface area contributed by atoms with Gasteiger partial charge in [-0.3, -0.25) is 24.2 Å². The molecule has 0 spiro atoms. The Kier molecular flexibility index (Phi) is 13.4. The van der Waals surface area contributed by atoms with Gasteiger partial charge in [0.2, 0.25) is 23.6 Å². The van der Waals surface area contributed by atoms with Gasteiger partial charge in [0.05, 0.1) is 6.04 Å². The maximum Gasteiger partial charge on any atom is 0.326 e. The van der Waals surface area contributed by atoms with Crippen molar-refractivity contribution < 1.29 is 29.1 Å². The Morgan fingerprint density at radius 2 is 1.53 bits per heavy atom. The largest absolute Gasteiger partial charge is 0.480 e. The number of hydrogen-bond acceptors (Lipinski definition) is 7. The highest BCUT2D eigenvalue weighted by Gasteiger charge is 2.31. The number of fused-ring (bicyclic) bond motifs is 1. The van der Waals surface area contributed by atoms with E-state index in [0.717, 1.165) is 10.9 Å². The Balaban J connectivity index is 2.26. The normalized spacial score (nSPS) is 13.9. The van der Waals surface area contributed by atoms with Crippen LogP contribution in [0.3, 0.4) is 0 Å². The van der Waals surface area contributed by atoms with Crippen molar-refractivity contribution in [1.29, 1.82) is 0 Å². The van der Waals surface area contributed by atoms with Crippen molar-refractivity contribution in [3.05, 3.63) is 36.0 Å². The number of benzene rings is 1. The molecule has 0 saturated heterocycles. The Bertz CT molecular complexity index is 1300. The molecule has 0 aliphatic heterocycles. The van der Waals surface area contributed by atoms with Gasteiger partial charge in [-0.2, -0.15) is 0 Å². The fraction of sp³-hybridized carbons (Fsp3) is 0.500. The zero-order chi connectivity index (χ0) is 32.1. The number of aromatic nitrogens is 1. The van der Waals surface area contributed by atoms with Gasteiger partial charge in [0, 0.05) is 36.5 Å². The summed E-state index contributed by atoms with van der Waals surface area (Å²) in [5.41, 5.74) is 23.3. The summed E-state index contributed by atoms with van der Waals surface area (Å²) in [6, 6.07) is 2.78. The Morgan fingerprint density at radius 3 is 2.16 bits per heavy atom. The van der Waals surface area contributed by atoms with Crippen LogP contribution < -0.4 is 38.9 Å². The summed E-state index contributed by atoms with van der Waals surface area (Å²) in [7, 11) is 0. The number of nitrogens with two attached hydrogens (primary N) is 4. The van der Waals surface area contributed by atoms with Gasteiger partial charge >= 0.3 is 5.97 Å². The second-order valence-corrected chi connectivity index (χ2v) is 10.8. The van der Waals surface area contributed by atoms with Gasteiger partial charge in [0.1, 0.15) is 18.1 Å². The molecule has 0 fully saturated rings. The average Bonchev–Trinajstić information content (AvgIpc) is 3.34. The molecule has 2 aromatic rings. The third-order valence-electron chi connectivity index (χ3n) is 6.67. The molecular weight excluding hydrogens is 558 g/mol. The lowest BCUT2D eigenvalue weighted by atomic mass is 10.00. The van der Waals surface area contributed by atoms with Crippen LogP contribution in [0.15, 0.2) is 35.5 Å². The summed E-state index contributed by atoms with van der Waals surface area (Å²) in [6.07, 6.45) is 2.19. The lowest BCUT2D eigenvalue weighted by Crippen LogP contribution is -2.57. The molecule has 15 nitrogen and oxygen atoms in total. The van der Waals surface area contributed by atoms with Crippen molar-refractivity contribution in [2.75, 3.05) is 6.54 Å². The highest BCUT2D eigenvalue weighted by atomic mass is 16.4. The minimum absolute atomic E-state index is 0.0103. The van der Waals surface area contributed by atoms with E-state index < -0.39 is 53.8 Å². The van der Waals surface area contributed by atoms with Gasteiger partial charge in [-0.05, 0) is 43.2 Å². The average molecular weight is 602 g/mol. The quantitative estimate of drug-likeness (QED) is 0.0571. The van der Waals surface area contributed by atoms with Crippen LogP contribution in [0.25, 0.3) is 10.9 Å². The summed E-state index contributed by atoms with van der Waals surface area (Å²) < 4.78 is 0. The summed E-state index contributed by atoms with van der Waals surface area (Å²) in [6.45, 7) is 4.03. The van der Waals surface area contributed by atoms with E-state index >= 15 is 0 Å². The molecule has 236 valence electrons. The Hall–Kier alpha value is -4.66. The number of H-pyrrole nitrogens is 1. The lowest BCUT2D eigenvalue weighted by Gasteiger charge is -2.26. The number of aliphatic imine (C=N–C) groups is 1. The van der Waals surface area contributed by atoms with E-state index in [4.69, 9.17) is 22.9 Å². The fourth-order valence-electron chi connectivity index (χ4n) is 4.45. The molecule has 0 aliphatic carbocycles. The maximum atomic E-state index is 13.5. The van der Waals surface area contributed by atoms with Crippen LogP contribution in [0.5, 0.6) is 0 Å². The third kappa shape index (κ3) is 11.6. The van der Waals surface area contributed by atoms with Crippen LogP contribution in [0, 0.1) is 5.92 Å². The first-order chi connectivity index (χ1) is 20.3. The number of nitrogens with one attached hydrogen (secondary N) is 4. The smallest absolute Gasteiger partial charge is 0.326 e. The lowest BCUT2D eigenvalue weighted by molar-refractivity contribution is -0.142. The molecule has 43 heavy (non-hydrogen) atoms. The first kappa shape index (κ1) is 34.5. The summed E-state index contributed by atoms with van der Waals surface area (Å²) in [5.74, 6) is -4.13. The molecule has 0 radical (unpaired) electrons. The van der Waals surface area contributed by atoms with Crippen molar-refractivity contribution >= 4 is 46.5 Å². The molecule has 13 N–H and O–H groups in total. The number of aromatic amines is 1. The van der Waals surface area contributed by atoms with Crippen LogP contribution in [0.2, 0.25) is 0 Å². The van der Waals surface area contributed by atoms with Crippen molar-refractivity contribution in [1.82, 2.24) is 20.9 Å². The fourth-order valence-corrected chi connectivity index (χ4v) is 4.45. The first-order valence-corrected chi connectivity index (χ1v) is 14.1.